The third kappa shape index (κ3) is 4.91. The maximum Gasteiger partial charge on any atom is 0.108 e. The second kappa shape index (κ2) is 8.86. The summed E-state index contributed by atoms with van der Waals surface area (Å²) in [7, 11) is 2.06. The van der Waals surface area contributed by atoms with E-state index in [0.717, 1.165) is 4.60 Å². The Morgan fingerprint density at radius 3 is 2.10 bits per heavy atom. The smallest absolute Gasteiger partial charge is 0.108 e. The van der Waals surface area contributed by atoms with Gasteiger partial charge in [0.1, 0.15) is 4.60 Å². The van der Waals surface area contributed by atoms with Crippen molar-refractivity contribution in [1.82, 2.24) is 9.55 Å². The molecule has 0 aromatic carbocycles. The first-order valence-corrected chi connectivity index (χ1v) is 9.01. The van der Waals surface area contributed by atoms with Gasteiger partial charge in [-0.15, -0.1) is 0 Å². The van der Waals surface area contributed by atoms with Gasteiger partial charge in [-0.1, -0.05) is 65.7 Å². The molecule has 0 aliphatic rings. The summed E-state index contributed by atoms with van der Waals surface area (Å²) < 4.78 is 3.24. The molecule has 2 nitrogen and oxygen atoms in total. The molecule has 0 amide bonds. The van der Waals surface area contributed by atoms with E-state index in [1.807, 2.05) is 6.33 Å². The molecule has 0 N–H and O–H groups in total. The highest BCUT2D eigenvalue weighted by atomic mass is 79.9. The van der Waals surface area contributed by atoms with Crippen LogP contribution in [0.4, 0.5) is 0 Å². The minimum Gasteiger partial charge on any atom is -0.328 e. The number of aryl methyl sites for hydroxylation is 1. The summed E-state index contributed by atoms with van der Waals surface area (Å²) in [5.74, 6) is 0. The van der Waals surface area contributed by atoms with Crippen molar-refractivity contribution in [3.05, 3.63) is 16.6 Å². The summed E-state index contributed by atoms with van der Waals surface area (Å²) in [4.78, 5) is 4.68. The van der Waals surface area contributed by atoms with Crippen LogP contribution in [0.2, 0.25) is 0 Å². The van der Waals surface area contributed by atoms with Crippen LogP contribution in [0.3, 0.4) is 0 Å². The SMILES string of the molecule is CCCCCCC(C)(CCCCC)c1ncn(C)c1Br. The van der Waals surface area contributed by atoms with Crippen molar-refractivity contribution in [3.63, 3.8) is 0 Å². The molecule has 0 aliphatic heterocycles. The Morgan fingerprint density at radius 2 is 1.60 bits per heavy atom. The monoisotopic (exact) mass is 342 g/mol. The van der Waals surface area contributed by atoms with Gasteiger partial charge in [0.15, 0.2) is 0 Å². The average molecular weight is 343 g/mol. The molecular weight excluding hydrogens is 312 g/mol. The van der Waals surface area contributed by atoms with Gasteiger partial charge < -0.3 is 4.57 Å². The first kappa shape index (κ1) is 17.7. The highest BCUT2D eigenvalue weighted by Gasteiger charge is 2.30. The topological polar surface area (TPSA) is 17.8 Å². The lowest BCUT2D eigenvalue weighted by Gasteiger charge is -2.29. The van der Waals surface area contributed by atoms with Crippen molar-refractivity contribution in [2.45, 2.75) is 84.0 Å². The maximum absolute atomic E-state index is 4.68. The number of unbranched alkanes of at least 4 members (excludes halogenated alkanes) is 5. The number of hydrogen-bond acceptors (Lipinski definition) is 1. The Kier molecular flexibility index (Phi) is 7.86. The van der Waals surface area contributed by atoms with Crippen molar-refractivity contribution in [1.29, 1.82) is 0 Å². The van der Waals surface area contributed by atoms with Crippen molar-refractivity contribution >= 4 is 15.9 Å². The van der Waals surface area contributed by atoms with Crippen molar-refractivity contribution in [2.75, 3.05) is 0 Å². The van der Waals surface area contributed by atoms with Crippen LogP contribution in [0, 0.1) is 0 Å². The number of nitrogens with zero attached hydrogens (tertiary/aromatic N) is 2. The number of halogens is 1. The van der Waals surface area contributed by atoms with Crippen LogP contribution in [-0.2, 0) is 12.5 Å². The predicted molar refractivity (Wildman–Crippen MR) is 91.2 cm³/mol. The zero-order valence-corrected chi connectivity index (χ0v) is 15.3. The maximum atomic E-state index is 4.68. The van der Waals surface area contributed by atoms with Gasteiger partial charge in [-0.05, 0) is 28.8 Å². The standard InChI is InChI=1S/C17H31BrN2/c1-5-7-9-11-13-17(3,12-10-8-6-2)15-16(18)20(4)14-19-15/h14H,5-13H2,1-4H3. The highest BCUT2D eigenvalue weighted by molar-refractivity contribution is 9.10. The van der Waals surface area contributed by atoms with Crippen molar-refractivity contribution in [2.24, 2.45) is 7.05 Å². The molecule has 0 spiro atoms. The third-order valence-corrected chi connectivity index (χ3v) is 5.29. The second-order valence-corrected chi connectivity index (χ2v) is 7.07. The number of hydrogen-bond donors (Lipinski definition) is 0. The lowest BCUT2D eigenvalue weighted by molar-refractivity contribution is 0.356. The molecule has 1 aromatic rings. The summed E-state index contributed by atoms with van der Waals surface area (Å²) in [6.07, 6.45) is 13.7. The highest BCUT2D eigenvalue weighted by Crippen LogP contribution is 2.38. The van der Waals surface area contributed by atoms with E-state index in [4.69, 9.17) is 0 Å². The van der Waals surface area contributed by atoms with E-state index < -0.39 is 0 Å². The molecule has 0 bridgehead atoms. The lowest BCUT2D eigenvalue weighted by Crippen LogP contribution is -2.23. The molecule has 116 valence electrons. The summed E-state index contributed by atoms with van der Waals surface area (Å²) in [5, 5.41) is 0. The molecule has 20 heavy (non-hydrogen) atoms. The molecule has 0 radical (unpaired) electrons. The molecule has 0 aliphatic carbocycles. The van der Waals surface area contributed by atoms with E-state index in [-0.39, 0.29) is 5.41 Å². The Balaban J connectivity index is 2.74. The molecule has 0 saturated carbocycles. The molecule has 0 saturated heterocycles. The van der Waals surface area contributed by atoms with Gasteiger partial charge in [-0.2, -0.15) is 0 Å². The molecule has 1 rings (SSSR count). The quantitative estimate of drug-likeness (QED) is 0.477. The fraction of sp³-hybridized carbons (Fsp3) is 0.824. The van der Waals surface area contributed by atoms with Crippen LogP contribution in [0.15, 0.2) is 10.9 Å². The van der Waals surface area contributed by atoms with Crippen LogP contribution in [0.1, 0.15) is 84.3 Å². The number of rotatable bonds is 10. The minimum absolute atomic E-state index is 0.225. The van der Waals surface area contributed by atoms with Gasteiger partial charge in [0.05, 0.1) is 12.0 Å². The van der Waals surface area contributed by atoms with E-state index in [0.29, 0.717) is 0 Å². The molecule has 3 heteroatoms. The molecule has 1 unspecified atom stereocenters. The summed E-state index contributed by atoms with van der Waals surface area (Å²) in [5.41, 5.74) is 1.48. The van der Waals surface area contributed by atoms with Gasteiger partial charge in [0.2, 0.25) is 0 Å². The largest absolute Gasteiger partial charge is 0.328 e. The van der Waals surface area contributed by atoms with E-state index in [9.17, 15) is 0 Å². The molecular formula is C17H31BrN2. The average Bonchev–Trinajstić information content (AvgIpc) is 2.76. The van der Waals surface area contributed by atoms with Crippen molar-refractivity contribution < 1.29 is 0 Å². The number of imidazole rings is 1. The second-order valence-electron chi connectivity index (χ2n) is 6.32. The Labute approximate surface area is 133 Å². The fourth-order valence-corrected chi connectivity index (χ4v) is 3.56. The Morgan fingerprint density at radius 1 is 1.05 bits per heavy atom. The first-order chi connectivity index (χ1) is 9.55. The molecule has 0 fully saturated rings. The van der Waals surface area contributed by atoms with Crippen LogP contribution in [0.5, 0.6) is 0 Å². The van der Waals surface area contributed by atoms with Crippen LogP contribution >= 0.6 is 15.9 Å². The number of aromatic nitrogens is 2. The van der Waals surface area contributed by atoms with Crippen LogP contribution < -0.4 is 0 Å². The zero-order valence-electron chi connectivity index (χ0n) is 13.7. The zero-order chi connectivity index (χ0) is 15.0. The summed E-state index contributed by atoms with van der Waals surface area (Å²) >= 11 is 3.72. The van der Waals surface area contributed by atoms with E-state index >= 15 is 0 Å². The van der Waals surface area contributed by atoms with Gasteiger partial charge >= 0.3 is 0 Å². The molecule has 1 atom stereocenters. The van der Waals surface area contributed by atoms with Gasteiger partial charge in [0.25, 0.3) is 0 Å². The Hall–Kier alpha value is -0.310. The molecule has 1 heterocycles. The van der Waals surface area contributed by atoms with Crippen LogP contribution in [0.25, 0.3) is 0 Å². The summed E-state index contributed by atoms with van der Waals surface area (Å²) in [6.45, 7) is 6.95. The third-order valence-electron chi connectivity index (χ3n) is 4.35. The normalized spacial score (nSPS) is 14.4. The van der Waals surface area contributed by atoms with E-state index in [2.05, 4.69) is 53.3 Å². The Bertz CT molecular complexity index is 386. The van der Waals surface area contributed by atoms with Gasteiger partial charge in [-0.3, -0.25) is 0 Å². The van der Waals surface area contributed by atoms with E-state index in [1.165, 1.54) is 63.5 Å². The van der Waals surface area contributed by atoms with Gasteiger partial charge in [-0.25, -0.2) is 4.98 Å². The lowest BCUT2D eigenvalue weighted by atomic mass is 9.77. The van der Waals surface area contributed by atoms with Gasteiger partial charge in [0, 0.05) is 12.5 Å². The predicted octanol–water partition coefficient (Wildman–Crippen LogP) is 5.99. The first-order valence-electron chi connectivity index (χ1n) is 8.22. The molecule has 1 aromatic heterocycles. The van der Waals surface area contributed by atoms with Crippen molar-refractivity contribution in [3.8, 4) is 0 Å². The fourth-order valence-electron chi connectivity index (χ4n) is 2.89. The van der Waals surface area contributed by atoms with E-state index in [1.54, 1.807) is 0 Å². The summed E-state index contributed by atoms with van der Waals surface area (Å²) in [6, 6.07) is 0. The minimum atomic E-state index is 0.225. The van der Waals surface area contributed by atoms with Crippen LogP contribution in [-0.4, -0.2) is 9.55 Å².